The van der Waals surface area contributed by atoms with E-state index in [2.05, 4.69) is 0 Å². The topological polar surface area (TPSA) is 57.2 Å². The summed E-state index contributed by atoms with van der Waals surface area (Å²) in [5.74, 6) is -1.92. The van der Waals surface area contributed by atoms with Crippen LogP contribution < -0.4 is 5.11 Å². The van der Waals surface area contributed by atoms with E-state index in [-0.39, 0.29) is 21.7 Å². The maximum absolute atomic E-state index is 12.3. The lowest BCUT2D eigenvalue weighted by Crippen LogP contribution is -2.25. The number of carboxylic acid groups (broad SMARTS) is 1. The molecule has 0 aliphatic carbocycles. The smallest absolute Gasteiger partial charge is 0.195 e. The third kappa shape index (κ3) is 2.78. The van der Waals surface area contributed by atoms with Gasteiger partial charge in [-0.05, 0) is 18.2 Å². The van der Waals surface area contributed by atoms with Gasteiger partial charge in [-0.3, -0.25) is 4.79 Å². The molecule has 0 unspecified atom stereocenters. The summed E-state index contributed by atoms with van der Waals surface area (Å²) < 4.78 is 0. The van der Waals surface area contributed by atoms with Crippen molar-refractivity contribution in [3.05, 3.63) is 69.2 Å². The van der Waals surface area contributed by atoms with Gasteiger partial charge in [-0.25, -0.2) is 0 Å². The number of halogens is 2. The van der Waals surface area contributed by atoms with Crippen molar-refractivity contribution in [1.82, 2.24) is 0 Å². The molecule has 19 heavy (non-hydrogen) atoms. The molecular weight excluding hydrogens is 287 g/mol. The van der Waals surface area contributed by atoms with Crippen LogP contribution in [-0.4, -0.2) is 11.8 Å². The molecule has 0 aliphatic heterocycles. The average molecular weight is 294 g/mol. The van der Waals surface area contributed by atoms with Gasteiger partial charge in [-0.2, -0.15) is 0 Å². The van der Waals surface area contributed by atoms with Crippen LogP contribution in [0, 0.1) is 0 Å². The fourth-order valence-corrected chi connectivity index (χ4v) is 2.05. The summed E-state index contributed by atoms with van der Waals surface area (Å²) in [7, 11) is 0. The molecule has 2 rings (SSSR count). The fraction of sp³-hybridized carbons (Fsp3) is 0. The lowest BCUT2D eigenvalue weighted by atomic mass is 9.98. The molecule has 3 nitrogen and oxygen atoms in total. The SMILES string of the molecule is O=C([O-])c1ccccc1C(=O)c1cc(Cl)ccc1Cl. The summed E-state index contributed by atoms with van der Waals surface area (Å²) in [5.41, 5.74) is -0.00178. The Morgan fingerprint density at radius 1 is 0.895 bits per heavy atom. The molecule has 0 amide bonds. The lowest BCUT2D eigenvalue weighted by Gasteiger charge is -2.10. The minimum atomic E-state index is -1.41. The van der Waals surface area contributed by atoms with Gasteiger partial charge < -0.3 is 9.90 Å². The Hall–Kier alpha value is -1.84. The maximum Gasteiger partial charge on any atom is 0.195 e. The number of carboxylic acids is 1. The second-order valence-electron chi connectivity index (χ2n) is 3.79. The molecule has 0 fully saturated rings. The van der Waals surface area contributed by atoms with Gasteiger partial charge in [-0.15, -0.1) is 0 Å². The predicted molar refractivity (Wildman–Crippen MR) is 70.7 cm³/mol. The molecule has 0 radical (unpaired) electrons. The predicted octanol–water partition coefficient (Wildman–Crippen LogP) is 2.59. The molecule has 2 aromatic carbocycles. The third-order valence-corrected chi connectivity index (χ3v) is 3.13. The van der Waals surface area contributed by atoms with Gasteiger partial charge in [0, 0.05) is 21.7 Å². The van der Waals surface area contributed by atoms with Crippen molar-refractivity contribution >= 4 is 35.0 Å². The van der Waals surface area contributed by atoms with E-state index in [1.807, 2.05) is 0 Å². The molecule has 0 aromatic heterocycles. The summed E-state index contributed by atoms with van der Waals surface area (Å²) >= 11 is 11.7. The fourth-order valence-electron chi connectivity index (χ4n) is 1.68. The van der Waals surface area contributed by atoms with E-state index in [1.165, 1.54) is 30.3 Å². The van der Waals surface area contributed by atoms with Crippen LogP contribution in [0.4, 0.5) is 0 Å². The monoisotopic (exact) mass is 293 g/mol. The van der Waals surface area contributed by atoms with Crippen LogP contribution in [0.5, 0.6) is 0 Å². The number of carbonyl (C=O) groups is 2. The van der Waals surface area contributed by atoms with Gasteiger partial charge in [0.1, 0.15) is 0 Å². The maximum atomic E-state index is 12.3. The Morgan fingerprint density at radius 2 is 1.53 bits per heavy atom. The first-order chi connectivity index (χ1) is 9.00. The van der Waals surface area contributed by atoms with E-state index in [1.54, 1.807) is 12.1 Å². The van der Waals surface area contributed by atoms with E-state index < -0.39 is 11.8 Å². The minimum Gasteiger partial charge on any atom is -0.545 e. The van der Waals surface area contributed by atoms with Crippen molar-refractivity contribution < 1.29 is 14.7 Å². The second kappa shape index (κ2) is 5.43. The molecule has 0 bridgehead atoms. The molecule has 0 heterocycles. The molecular formula is C14H7Cl2O3-. The molecule has 0 atom stereocenters. The molecule has 96 valence electrons. The van der Waals surface area contributed by atoms with E-state index in [0.717, 1.165) is 0 Å². The van der Waals surface area contributed by atoms with Crippen LogP contribution >= 0.6 is 23.2 Å². The van der Waals surface area contributed by atoms with E-state index in [4.69, 9.17) is 23.2 Å². The van der Waals surface area contributed by atoms with Gasteiger partial charge in [0.05, 0.1) is 11.0 Å². The zero-order chi connectivity index (χ0) is 14.0. The molecule has 0 saturated carbocycles. The Bertz CT molecular complexity index is 665. The molecule has 0 N–H and O–H groups in total. The van der Waals surface area contributed by atoms with Crippen molar-refractivity contribution in [3.8, 4) is 0 Å². The van der Waals surface area contributed by atoms with Crippen LogP contribution in [0.1, 0.15) is 26.3 Å². The molecule has 0 aliphatic rings. The lowest BCUT2D eigenvalue weighted by molar-refractivity contribution is -0.255. The first-order valence-corrected chi connectivity index (χ1v) is 6.06. The van der Waals surface area contributed by atoms with E-state index in [0.29, 0.717) is 5.02 Å². The number of hydrogen-bond acceptors (Lipinski definition) is 3. The van der Waals surface area contributed by atoms with Gasteiger partial charge in [0.2, 0.25) is 0 Å². The Balaban J connectivity index is 2.56. The quantitative estimate of drug-likeness (QED) is 0.817. The number of ketones is 1. The zero-order valence-electron chi connectivity index (χ0n) is 9.52. The normalized spacial score (nSPS) is 10.2. The van der Waals surface area contributed by atoms with Crippen molar-refractivity contribution in [2.45, 2.75) is 0 Å². The summed E-state index contributed by atoms with van der Waals surface area (Å²) in [4.78, 5) is 23.3. The van der Waals surface area contributed by atoms with Crippen molar-refractivity contribution in [2.24, 2.45) is 0 Å². The van der Waals surface area contributed by atoms with Crippen molar-refractivity contribution in [2.75, 3.05) is 0 Å². The van der Waals surface area contributed by atoms with E-state index >= 15 is 0 Å². The van der Waals surface area contributed by atoms with Crippen molar-refractivity contribution in [3.63, 3.8) is 0 Å². The summed E-state index contributed by atoms with van der Waals surface area (Å²) in [5, 5.41) is 11.5. The highest BCUT2D eigenvalue weighted by Crippen LogP contribution is 2.24. The second-order valence-corrected chi connectivity index (χ2v) is 4.63. The zero-order valence-corrected chi connectivity index (χ0v) is 11.0. The first-order valence-electron chi connectivity index (χ1n) is 5.31. The average Bonchev–Trinajstić information content (AvgIpc) is 2.40. The van der Waals surface area contributed by atoms with Crippen LogP contribution in [0.3, 0.4) is 0 Å². The molecule has 0 saturated heterocycles. The summed E-state index contributed by atoms with van der Waals surface area (Å²) in [6.45, 7) is 0. The summed E-state index contributed by atoms with van der Waals surface area (Å²) in [6, 6.07) is 10.2. The number of aromatic carboxylic acids is 1. The Labute approximate surface area is 119 Å². The largest absolute Gasteiger partial charge is 0.545 e. The molecule has 0 spiro atoms. The highest BCUT2D eigenvalue weighted by Gasteiger charge is 2.16. The van der Waals surface area contributed by atoms with Crippen molar-refractivity contribution in [1.29, 1.82) is 0 Å². The highest BCUT2D eigenvalue weighted by atomic mass is 35.5. The Morgan fingerprint density at radius 3 is 2.16 bits per heavy atom. The highest BCUT2D eigenvalue weighted by molar-refractivity contribution is 6.37. The number of rotatable bonds is 3. The molecule has 2 aromatic rings. The Kier molecular flexibility index (Phi) is 3.88. The molecule has 5 heteroatoms. The van der Waals surface area contributed by atoms with Gasteiger partial charge in [0.15, 0.2) is 5.78 Å². The minimum absolute atomic E-state index is 0.0201. The van der Waals surface area contributed by atoms with Gasteiger partial charge in [0.25, 0.3) is 0 Å². The van der Waals surface area contributed by atoms with Crippen LogP contribution in [0.15, 0.2) is 42.5 Å². The number of benzene rings is 2. The first kappa shape index (κ1) is 13.6. The van der Waals surface area contributed by atoms with Crippen LogP contribution in [0.25, 0.3) is 0 Å². The third-order valence-electron chi connectivity index (χ3n) is 2.56. The van der Waals surface area contributed by atoms with Crippen LogP contribution in [0.2, 0.25) is 10.0 Å². The number of hydrogen-bond donors (Lipinski definition) is 0. The van der Waals surface area contributed by atoms with E-state index in [9.17, 15) is 14.7 Å². The van der Waals surface area contributed by atoms with Crippen LogP contribution in [-0.2, 0) is 0 Å². The van der Waals surface area contributed by atoms with Gasteiger partial charge in [-0.1, -0.05) is 47.5 Å². The number of carbonyl (C=O) groups excluding carboxylic acids is 2. The standard InChI is InChI=1S/C14H8Cl2O3/c15-8-5-6-12(16)11(7-8)13(17)9-3-1-2-4-10(9)14(18)19/h1-7H,(H,18,19)/p-1. The summed E-state index contributed by atoms with van der Waals surface area (Å²) in [6.07, 6.45) is 0. The van der Waals surface area contributed by atoms with Gasteiger partial charge >= 0.3 is 0 Å².